The van der Waals surface area contributed by atoms with Crippen molar-refractivity contribution in [1.82, 2.24) is 15.5 Å². The zero-order valence-corrected chi connectivity index (χ0v) is 13.4. The zero-order chi connectivity index (χ0) is 14.1. The minimum Gasteiger partial charge on any atom is -0.360 e. The van der Waals surface area contributed by atoms with Crippen molar-refractivity contribution in [3.05, 3.63) is 0 Å². The first-order valence-electron chi connectivity index (χ1n) is 6.65. The van der Waals surface area contributed by atoms with E-state index in [2.05, 4.69) is 34.7 Å². The molecule has 1 amide bonds. The first kappa shape index (κ1) is 16.2. The van der Waals surface area contributed by atoms with Gasteiger partial charge in [0.2, 0.25) is 11.0 Å². The molecule has 1 atom stereocenters. The third-order valence-electron chi connectivity index (χ3n) is 2.56. The second-order valence-corrected chi connectivity index (χ2v) is 6.52. The SMILES string of the molecule is CCCCNc1nnc(SCC(=O)NC(C)CC)s1. The summed E-state index contributed by atoms with van der Waals surface area (Å²) in [6, 6.07) is 0.230. The molecule has 108 valence electrons. The fourth-order valence-electron chi connectivity index (χ4n) is 1.26. The van der Waals surface area contributed by atoms with Crippen LogP contribution in [0.5, 0.6) is 0 Å². The molecule has 1 rings (SSSR count). The number of thioether (sulfide) groups is 1. The van der Waals surface area contributed by atoms with Crippen LogP contribution in [0.2, 0.25) is 0 Å². The summed E-state index contributed by atoms with van der Waals surface area (Å²) in [5, 5.41) is 15.1. The number of nitrogens with zero attached hydrogens (tertiary/aromatic N) is 2. The van der Waals surface area contributed by atoms with Crippen LogP contribution >= 0.6 is 23.1 Å². The number of unbranched alkanes of at least 4 members (excludes halogenated alkanes) is 1. The average Bonchev–Trinajstić information content (AvgIpc) is 2.84. The van der Waals surface area contributed by atoms with E-state index in [1.807, 2.05) is 6.92 Å². The lowest BCUT2D eigenvalue weighted by atomic mass is 10.3. The van der Waals surface area contributed by atoms with E-state index < -0.39 is 0 Å². The smallest absolute Gasteiger partial charge is 0.230 e. The predicted octanol–water partition coefficient (Wildman–Crippen LogP) is 2.76. The molecule has 0 aliphatic carbocycles. The van der Waals surface area contributed by atoms with Crippen LogP contribution in [0.1, 0.15) is 40.0 Å². The lowest BCUT2D eigenvalue weighted by Crippen LogP contribution is -2.33. The Kier molecular flexibility index (Phi) is 7.81. The van der Waals surface area contributed by atoms with E-state index in [0.29, 0.717) is 5.75 Å². The molecular weight excluding hydrogens is 280 g/mol. The van der Waals surface area contributed by atoms with Crippen molar-refractivity contribution in [1.29, 1.82) is 0 Å². The summed E-state index contributed by atoms with van der Waals surface area (Å²) in [4.78, 5) is 11.6. The Bertz CT molecular complexity index is 384. The third kappa shape index (κ3) is 6.77. The third-order valence-corrected chi connectivity index (χ3v) is 4.57. The molecule has 2 N–H and O–H groups in total. The first-order valence-corrected chi connectivity index (χ1v) is 8.45. The Balaban J connectivity index is 2.27. The van der Waals surface area contributed by atoms with E-state index in [9.17, 15) is 4.79 Å². The summed E-state index contributed by atoms with van der Waals surface area (Å²) < 4.78 is 0.832. The number of hydrogen-bond acceptors (Lipinski definition) is 6. The molecule has 0 radical (unpaired) electrons. The van der Waals surface area contributed by atoms with Crippen molar-refractivity contribution in [3.63, 3.8) is 0 Å². The quantitative estimate of drug-likeness (QED) is 0.542. The van der Waals surface area contributed by atoms with Crippen LogP contribution < -0.4 is 10.6 Å². The van der Waals surface area contributed by atoms with E-state index in [-0.39, 0.29) is 11.9 Å². The number of amides is 1. The molecule has 0 aromatic carbocycles. The Morgan fingerprint density at radius 1 is 1.42 bits per heavy atom. The van der Waals surface area contributed by atoms with Gasteiger partial charge in [0.05, 0.1) is 5.75 Å². The topological polar surface area (TPSA) is 66.9 Å². The molecule has 0 spiro atoms. The number of rotatable bonds is 9. The number of aromatic nitrogens is 2. The Morgan fingerprint density at radius 3 is 2.89 bits per heavy atom. The Labute approximate surface area is 123 Å². The van der Waals surface area contributed by atoms with Gasteiger partial charge >= 0.3 is 0 Å². The van der Waals surface area contributed by atoms with Crippen molar-refractivity contribution in [2.75, 3.05) is 17.6 Å². The van der Waals surface area contributed by atoms with Gasteiger partial charge in [0.15, 0.2) is 4.34 Å². The van der Waals surface area contributed by atoms with Gasteiger partial charge in [-0.15, -0.1) is 10.2 Å². The van der Waals surface area contributed by atoms with Crippen molar-refractivity contribution < 1.29 is 4.79 Å². The molecule has 1 aromatic heterocycles. The molecule has 0 aliphatic heterocycles. The highest BCUT2D eigenvalue weighted by atomic mass is 32.2. The maximum absolute atomic E-state index is 11.6. The standard InChI is InChI=1S/C12H22N4OS2/c1-4-6-7-13-11-15-16-12(19-11)18-8-10(17)14-9(3)5-2/h9H,4-8H2,1-3H3,(H,13,15)(H,14,17). The highest BCUT2D eigenvalue weighted by Crippen LogP contribution is 2.25. The van der Waals surface area contributed by atoms with E-state index in [1.54, 1.807) is 0 Å². The van der Waals surface area contributed by atoms with Crippen LogP contribution in [0.4, 0.5) is 5.13 Å². The molecule has 1 heterocycles. The molecular formula is C12H22N4OS2. The monoisotopic (exact) mass is 302 g/mol. The van der Waals surface area contributed by atoms with Crippen molar-refractivity contribution in [2.45, 2.75) is 50.4 Å². The molecule has 0 saturated carbocycles. The molecule has 1 unspecified atom stereocenters. The van der Waals surface area contributed by atoms with Gasteiger partial charge in [0, 0.05) is 12.6 Å². The molecule has 19 heavy (non-hydrogen) atoms. The largest absolute Gasteiger partial charge is 0.360 e. The number of carbonyl (C=O) groups excluding carboxylic acids is 1. The molecule has 5 nitrogen and oxygen atoms in total. The first-order chi connectivity index (χ1) is 9.15. The molecule has 0 bridgehead atoms. The minimum absolute atomic E-state index is 0.0510. The predicted molar refractivity (Wildman–Crippen MR) is 81.9 cm³/mol. The van der Waals surface area contributed by atoms with Gasteiger partial charge in [0.1, 0.15) is 0 Å². The van der Waals surface area contributed by atoms with E-state index in [0.717, 1.165) is 35.3 Å². The summed E-state index contributed by atoms with van der Waals surface area (Å²) >= 11 is 2.93. The highest BCUT2D eigenvalue weighted by Gasteiger charge is 2.09. The van der Waals surface area contributed by atoms with Gasteiger partial charge in [-0.25, -0.2) is 0 Å². The molecule has 0 saturated heterocycles. The van der Waals surface area contributed by atoms with Gasteiger partial charge in [0.25, 0.3) is 0 Å². The number of hydrogen-bond donors (Lipinski definition) is 2. The van der Waals surface area contributed by atoms with Crippen LogP contribution in [-0.4, -0.2) is 34.4 Å². The second kappa shape index (κ2) is 9.14. The summed E-state index contributed by atoms with van der Waals surface area (Å²) in [5.41, 5.74) is 0. The van der Waals surface area contributed by atoms with E-state index in [1.165, 1.54) is 23.1 Å². The summed E-state index contributed by atoms with van der Waals surface area (Å²) in [7, 11) is 0. The van der Waals surface area contributed by atoms with Gasteiger partial charge in [-0.1, -0.05) is 43.4 Å². The second-order valence-electron chi connectivity index (χ2n) is 4.32. The lowest BCUT2D eigenvalue weighted by Gasteiger charge is -2.09. The Morgan fingerprint density at radius 2 is 2.21 bits per heavy atom. The molecule has 7 heteroatoms. The number of nitrogens with one attached hydrogen (secondary N) is 2. The average molecular weight is 302 g/mol. The normalized spacial score (nSPS) is 12.2. The number of anilines is 1. The van der Waals surface area contributed by atoms with Crippen LogP contribution in [-0.2, 0) is 4.79 Å². The maximum Gasteiger partial charge on any atom is 0.230 e. The minimum atomic E-state index is 0.0510. The summed E-state index contributed by atoms with van der Waals surface area (Å²) in [6.45, 7) is 7.13. The Hall–Kier alpha value is -0.820. The molecule has 0 fully saturated rings. The zero-order valence-electron chi connectivity index (χ0n) is 11.7. The van der Waals surface area contributed by atoms with Crippen LogP contribution in [0.25, 0.3) is 0 Å². The van der Waals surface area contributed by atoms with Crippen LogP contribution in [0, 0.1) is 0 Å². The summed E-state index contributed by atoms with van der Waals surface area (Å²) in [6.07, 6.45) is 3.23. The number of carbonyl (C=O) groups is 1. The van der Waals surface area contributed by atoms with Crippen LogP contribution in [0.15, 0.2) is 4.34 Å². The molecule has 1 aromatic rings. The maximum atomic E-state index is 11.6. The lowest BCUT2D eigenvalue weighted by molar-refractivity contribution is -0.119. The van der Waals surface area contributed by atoms with Crippen molar-refractivity contribution >= 4 is 34.1 Å². The van der Waals surface area contributed by atoms with Gasteiger partial charge in [-0.2, -0.15) is 0 Å². The van der Waals surface area contributed by atoms with Gasteiger partial charge in [-0.05, 0) is 19.8 Å². The van der Waals surface area contributed by atoms with Crippen LogP contribution in [0.3, 0.4) is 0 Å². The van der Waals surface area contributed by atoms with Crippen molar-refractivity contribution in [3.8, 4) is 0 Å². The molecule has 0 aliphatic rings. The highest BCUT2D eigenvalue weighted by molar-refractivity contribution is 8.01. The van der Waals surface area contributed by atoms with E-state index in [4.69, 9.17) is 0 Å². The summed E-state index contributed by atoms with van der Waals surface area (Å²) in [5.74, 6) is 0.448. The fourth-order valence-corrected chi connectivity index (χ4v) is 2.85. The van der Waals surface area contributed by atoms with Gasteiger partial charge in [-0.3, -0.25) is 4.79 Å². The van der Waals surface area contributed by atoms with E-state index >= 15 is 0 Å². The van der Waals surface area contributed by atoms with Crippen molar-refractivity contribution in [2.24, 2.45) is 0 Å². The fraction of sp³-hybridized carbons (Fsp3) is 0.750. The van der Waals surface area contributed by atoms with Gasteiger partial charge < -0.3 is 10.6 Å².